The topological polar surface area (TPSA) is 80.1 Å². The molecule has 1 aliphatic heterocycles. The van der Waals surface area contributed by atoms with Gasteiger partial charge in [0, 0.05) is 37.0 Å². The molecule has 2 heterocycles. The fourth-order valence-electron chi connectivity index (χ4n) is 5.19. The molecule has 2 aromatic carbocycles. The summed E-state index contributed by atoms with van der Waals surface area (Å²) in [6.45, 7) is 3.43. The van der Waals surface area contributed by atoms with Crippen molar-refractivity contribution in [1.82, 2.24) is 25.0 Å². The largest absolute Gasteiger partial charge is 0.355 e. The molecule has 7 nitrogen and oxygen atoms in total. The van der Waals surface area contributed by atoms with Crippen LogP contribution < -0.4 is 5.32 Å². The lowest BCUT2D eigenvalue weighted by molar-refractivity contribution is 0.0712. The molecule has 1 aliphatic carbocycles. The zero-order valence-corrected chi connectivity index (χ0v) is 19.8. The second-order valence-corrected chi connectivity index (χ2v) is 9.49. The van der Waals surface area contributed by atoms with Gasteiger partial charge < -0.3 is 10.2 Å². The third kappa shape index (κ3) is 4.22. The Bertz CT molecular complexity index is 1170. The molecule has 1 saturated heterocycles. The van der Waals surface area contributed by atoms with Crippen LogP contribution >= 0.6 is 0 Å². The lowest BCUT2D eigenvalue weighted by Gasteiger charge is -2.33. The zero-order chi connectivity index (χ0) is 23.7. The highest BCUT2D eigenvalue weighted by Crippen LogP contribution is 2.39. The predicted octanol–water partition coefficient (Wildman–Crippen LogP) is 4.22. The molecule has 2 amide bonds. The summed E-state index contributed by atoms with van der Waals surface area (Å²) in [6.07, 6.45) is 8.67. The number of amides is 2. The minimum atomic E-state index is -0.107. The fourth-order valence-corrected chi connectivity index (χ4v) is 5.19. The van der Waals surface area contributed by atoms with Crippen LogP contribution in [0.3, 0.4) is 0 Å². The van der Waals surface area contributed by atoms with E-state index in [2.05, 4.69) is 45.8 Å². The first kappa shape index (κ1) is 22.3. The third-order valence-electron chi connectivity index (χ3n) is 7.51. The van der Waals surface area contributed by atoms with E-state index < -0.39 is 0 Å². The van der Waals surface area contributed by atoms with Crippen molar-refractivity contribution >= 4 is 11.8 Å². The van der Waals surface area contributed by atoms with Crippen LogP contribution in [0.1, 0.15) is 81.3 Å². The lowest BCUT2D eigenvalue weighted by atomic mass is 9.77. The molecule has 0 bridgehead atoms. The SMILES string of the molecule is CNC(=O)c1cc(C(=O)N2CCC(c3ccc(-n4cnnc4)cc3)CC2)c(C)cc1C1CCC1. The first-order valence-corrected chi connectivity index (χ1v) is 12.2. The number of hydrogen-bond donors (Lipinski definition) is 1. The molecule has 2 fully saturated rings. The highest BCUT2D eigenvalue weighted by molar-refractivity contribution is 6.01. The summed E-state index contributed by atoms with van der Waals surface area (Å²) in [5.74, 6) is 0.790. The maximum absolute atomic E-state index is 13.4. The maximum atomic E-state index is 13.4. The van der Waals surface area contributed by atoms with E-state index in [1.165, 1.54) is 12.0 Å². The van der Waals surface area contributed by atoms with Gasteiger partial charge in [-0.1, -0.05) is 24.6 Å². The minimum Gasteiger partial charge on any atom is -0.355 e. The molecule has 0 spiro atoms. The van der Waals surface area contributed by atoms with Crippen LogP contribution in [0.2, 0.25) is 0 Å². The van der Waals surface area contributed by atoms with Crippen LogP contribution in [0.5, 0.6) is 0 Å². The van der Waals surface area contributed by atoms with Gasteiger partial charge in [0.25, 0.3) is 11.8 Å². The average Bonchev–Trinajstić information content (AvgIpc) is 3.38. The number of piperidine rings is 1. The van der Waals surface area contributed by atoms with E-state index >= 15 is 0 Å². The monoisotopic (exact) mass is 457 g/mol. The Morgan fingerprint density at radius 1 is 0.912 bits per heavy atom. The molecule has 3 aromatic rings. The van der Waals surface area contributed by atoms with Crippen LogP contribution in [-0.4, -0.2) is 51.6 Å². The van der Waals surface area contributed by atoms with Crippen molar-refractivity contribution in [2.24, 2.45) is 0 Å². The summed E-state index contributed by atoms with van der Waals surface area (Å²) in [4.78, 5) is 28.0. The van der Waals surface area contributed by atoms with Crippen molar-refractivity contribution in [3.63, 3.8) is 0 Å². The number of benzene rings is 2. The molecule has 1 saturated carbocycles. The Balaban J connectivity index is 1.28. The van der Waals surface area contributed by atoms with E-state index in [0.29, 0.717) is 23.0 Å². The van der Waals surface area contributed by atoms with Gasteiger partial charge in [-0.3, -0.25) is 14.2 Å². The first-order valence-electron chi connectivity index (χ1n) is 12.2. The number of aromatic nitrogens is 3. The van der Waals surface area contributed by atoms with Crippen molar-refractivity contribution in [2.75, 3.05) is 20.1 Å². The summed E-state index contributed by atoms with van der Waals surface area (Å²) >= 11 is 0. The molecular weight excluding hydrogens is 426 g/mol. The summed E-state index contributed by atoms with van der Waals surface area (Å²) in [5.41, 5.74) is 5.70. The standard InChI is InChI=1S/C27H31N5O2/c1-18-14-24(21-4-3-5-21)25(26(33)28-2)15-23(18)27(34)31-12-10-20(11-13-31)19-6-8-22(9-7-19)32-16-29-30-17-32/h6-9,14-17,20-21H,3-5,10-13H2,1-2H3,(H,28,33). The van der Waals surface area contributed by atoms with E-state index in [-0.39, 0.29) is 11.8 Å². The normalized spacial score (nSPS) is 16.8. The number of likely N-dealkylation sites (tertiary alicyclic amines) is 1. The summed E-state index contributed by atoms with van der Waals surface area (Å²) in [5, 5.41) is 10.5. The van der Waals surface area contributed by atoms with E-state index in [9.17, 15) is 9.59 Å². The molecule has 176 valence electrons. The lowest BCUT2D eigenvalue weighted by Crippen LogP contribution is -2.38. The summed E-state index contributed by atoms with van der Waals surface area (Å²) in [7, 11) is 1.65. The predicted molar refractivity (Wildman–Crippen MR) is 130 cm³/mol. The van der Waals surface area contributed by atoms with E-state index in [0.717, 1.165) is 55.6 Å². The smallest absolute Gasteiger partial charge is 0.254 e. The molecule has 1 aromatic heterocycles. The van der Waals surface area contributed by atoms with Crippen molar-refractivity contribution in [3.05, 3.63) is 76.9 Å². The molecule has 0 unspecified atom stereocenters. The van der Waals surface area contributed by atoms with Gasteiger partial charge in [-0.15, -0.1) is 10.2 Å². The van der Waals surface area contributed by atoms with E-state index in [1.54, 1.807) is 19.7 Å². The second kappa shape index (κ2) is 9.41. The average molecular weight is 458 g/mol. The van der Waals surface area contributed by atoms with Gasteiger partial charge in [0.05, 0.1) is 0 Å². The number of carbonyl (C=O) groups is 2. The fraction of sp³-hybridized carbons (Fsp3) is 0.407. The molecule has 1 N–H and O–H groups in total. The van der Waals surface area contributed by atoms with Crippen LogP contribution in [0.25, 0.3) is 5.69 Å². The minimum absolute atomic E-state index is 0.0317. The van der Waals surface area contributed by atoms with Crippen molar-refractivity contribution in [3.8, 4) is 5.69 Å². The molecule has 0 radical (unpaired) electrons. The molecule has 7 heteroatoms. The van der Waals surface area contributed by atoms with Gasteiger partial charge in [-0.05, 0) is 79.3 Å². The van der Waals surface area contributed by atoms with Crippen LogP contribution in [-0.2, 0) is 0 Å². The number of nitrogens with one attached hydrogen (secondary N) is 1. The third-order valence-corrected chi connectivity index (χ3v) is 7.51. The number of carbonyl (C=O) groups excluding carboxylic acids is 2. The molecule has 2 aliphatic rings. The molecule has 5 rings (SSSR count). The van der Waals surface area contributed by atoms with Gasteiger partial charge in [-0.2, -0.15) is 0 Å². The van der Waals surface area contributed by atoms with Gasteiger partial charge in [-0.25, -0.2) is 0 Å². The Labute approximate surface area is 200 Å². The van der Waals surface area contributed by atoms with Crippen molar-refractivity contribution < 1.29 is 9.59 Å². The Hall–Kier alpha value is -3.48. The number of nitrogens with zero attached hydrogens (tertiary/aromatic N) is 4. The highest BCUT2D eigenvalue weighted by Gasteiger charge is 2.29. The first-order chi connectivity index (χ1) is 16.5. The van der Waals surface area contributed by atoms with Gasteiger partial charge in [0.1, 0.15) is 12.7 Å². The van der Waals surface area contributed by atoms with Crippen LogP contribution in [0.4, 0.5) is 0 Å². The van der Waals surface area contributed by atoms with Gasteiger partial charge in [0.15, 0.2) is 0 Å². The zero-order valence-electron chi connectivity index (χ0n) is 19.8. The van der Waals surface area contributed by atoms with Crippen molar-refractivity contribution in [1.29, 1.82) is 0 Å². The Morgan fingerprint density at radius 2 is 1.59 bits per heavy atom. The van der Waals surface area contributed by atoms with E-state index in [1.807, 2.05) is 22.5 Å². The molecular formula is C27H31N5O2. The van der Waals surface area contributed by atoms with E-state index in [4.69, 9.17) is 0 Å². The van der Waals surface area contributed by atoms with Gasteiger partial charge in [0.2, 0.25) is 0 Å². The van der Waals surface area contributed by atoms with Gasteiger partial charge >= 0.3 is 0 Å². The van der Waals surface area contributed by atoms with Crippen molar-refractivity contribution in [2.45, 2.75) is 50.9 Å². The van der Waals surface area contributed by atoms with Crippen LogP contribution in [0.15, 0.2) is 49.1 Å². The second-order valence-electron chi connectivity index (χ2n) is 9.49. The number of rotatable bonds is 5. The Morgan fingerprint density at radius 3 is 2.18 bits per heavy atom. The quantitative estimate of drug-likeness (QED) is 0.622. The highest BCUT2D eigenvalue weighted by atomic mass is 16.2. The Kier molecular flexibility index (Phi) is 6.18. The van der Waals surface area contributed by atoms with Crippen LogP contribution in [0, 0.1) is 6.92 Å². The molecule has 34 heavy (non-hydrogen) atoms. The maximum Gasteiger partial charge on any atom is 0.254 e. The molecule has 0 atom stereocenters. The number of aryl methyl sites for hydroxylation is 1. The summed E-state index contributed by atoms with van der Waals surface area (Å²) < 4.78 is 1.89. The number of hydrogen-bond acceptors (Lipinski definition) is 4. The summed E-state index contributed by atoms with van der Waals surface area (Å²) in [6, 6.07) is 12.4.